The predicted octanol–water partition coefficient (Wildman–Crippen LogP) is 1.79. The Morgan fingerprint density at radius 1 is 1.47 bits per heavy atom. The van der Waals surface area contributed by atoms with Crippen LogP contribution < -0.4 is 4.74 Å². The first-order valence-corrected chi connectivity index (χ1v) is 6.24. The zero-order chi connectivity index (χ0) is 13.2. The zero-order valence-electron chi connectivity index (χ0n) is 10.6. The number of rotatable bonds is 5. The van der Waals surface area contributed by atoms with Crippen LogP contribution in [-0.2, 0) is 6.61 Å². The number of hydrogen-bond donors (Lipinski definition) is 0. The average Bonchev–Trinajstić information content (AvgIpc) is 3.16. The summed E-state index contributed by atoms with van der Waals surface area (Å²) in [6.07, 6.45) is 2.25. The van der Waals surface area contributed by atoms with E-state index < -0.39 is 0 Å². The number of carbonyl (C=O) groups excluding carboxylic acids is 1. The second-order valence-electron chi connectivity index (χ2n) is 4.64. The molecule has 0 N–H and O–H groups in total. The number of Topliss-reactive ketones (excluding diaryl/α,β-unsaturated/α-hetero) is 1. The van der Waals surface area contributed by atoms with Gasteiger partial charge in [-0.2, -0.15) is 0 Å². The Hall–Kier alpha value is -2.24. The van der Waals surface area contributed by atoms with Crippen LogP contribution in [0.3, 0.4) is 0 Å². The van der Waals surface area contributed by atoms with E-state index in [1.54, 1.807) is 18.2 Å². The van der Waals surface area contributed by atoms with Gasteiger partial charge in [0.1, 0.15) is 12.4 Å². The smallest absolute Gasteiger partial charge is 0.189 e. The molecule has 0 unspecified atom stereocenters. The number of aromatic nitrogens is 4. The molecule has 3 rings (SSSR count). The van der Waals surface area contributed by atoms with Crippen molar-refractivity contribution in [2.24, 2.45) is 0 Å². The first-order valence-electron chi connectivity index (χ1n) is 6.24. The SMILES string of the molecule is CC(=O)c1cccc(OCc2nnnn2C2CC2)c1. The Morgan fingerprint density at radius 2 is 2.32 bits per heavy atom. The van der Waals surface area contributed by atoms with Gasteiger partial charge >= 0.3 is 0 Å². The third kappa shape index (κ3) is 2.62. The van der Waals surface area contributed by atoms with Crippen molar-refractivity contribution in [2.75, 3.05) is 0 Å². The summed E-state index contributed by atoms with van der Waals surface area (Å²) in [4.78, 5) is 11.3. The van der Waals surface area contributed by atoms with Crippen LogP contribution >= 0.6 is 0 Å². The molecule has 0 amide bonds. The summed E-state index contributed by atoms with van der Waals surface area (Å²) in [5, 5.41) is 11.6. The van der Waals surface area contributed by atoms with Gasteiger partial charge in [-0.15, -0.1) is 5.10 Å². The van der Waals surface area contributed by atoms with Crippen molar-refractivity contribution in [2.45, 2.75) is 32.4 Å². The van der Waals surface area contributed by atoms with E-state index in [0.717, 1.165) is 18.7 Å². The second-order valence-corrected chi connectivity index (χ2v) is 4.64. The van der Waals surface area contributed by atoms with Crippen molar-refractivity contribution >= 4 is 5.78 Å². The molecular formula is C13H14N4O2. The molecule has 1 heterocycles. The Labute approximate surface area is 110 Å². The average molecular weight is 258 g/mol. The van der Waals surface area contributed by atoms with E-state index in [2.05, 4.69) is 15.5 Å². The maximum Gasteiger partial charge on any atom is 0.189 e. The summed E-state index contributed by atoms with van der Waals surface area (Å²) < 4.78 is 7.46. The van der Waals surface area contributed by atoms with Gasteiger partial charge in [0.15, 0.2) is 11.6 Å². The van der Waals surface area contributed by atoms with Gasteiger partial charge in [0.05, 0.1) is 6.04 Å². The van der Waals surface area contributed by atoms with Crippen molar-refractivity contribution in [1.82, 2.24) is 20.2 Å². The minimum atomic E-state index is 0.0215. The van der Waals surface area contributed by atoms with Gasteiger partial charge in [-0.1, -0.05) is 12.1 Å². The normalized spacial score (nSPS) is 14.4. The highest BCUT2D eigenvalue weighted by molar-refractivity contribution is 5.94. The predicted molar refractivity (Wildman–Crippen MR) is 66.9 cm³/mol. The van der Waals surface area contributed by atoms with Crippen molar-refractivity contribution in [1.29, 1.82) is 0 Å². The first kappa shape index (κ1) is 11.8. The zero-order valence-corrected chi connectivity index (χ0v) is 10.6. The molecule has 0 spiro atoms. The van der Waals surface area contributed by atoms with Crippen LogP contribution in [0.25, 0.3) is 0 Å². The number of nitrogens with zero attached hydrogens (tertiary/aromatic N) is 4. The number of ketones is 1. The fourth-order valence-electron chi connectivity index (χ4n) is 1.86. The Balaban J connectivity index is 1.70. The summed E-state index contributed by atoms with van der Waals surface area (Å²) in [6, 6.07) is 7.54. The molecule has 2 aromatic rings. The lowest BCUT2D eigenvalue weighted by Crippen LogP contribution is -2.07. The summed E-state index contributed by atoms with van der Waals surface area (Å²) in [5.41, 5.74) is 0.638. The van der Waals surface area contributed by atoms with Crippen molar-refractivity contribution < 1.29 is 9.53 Å². The quantitative estimate of drug-likeness (QED) is 0.765. The molecule has 0 bridgehead atoms. The van der Waals surface area contributed by atoms with Gasteiger partial charge in [-0.05, 0) is 42.3 Å². The molecule has 1 aromatic heterocycles. The highest BCUT2D eigenvalue weighted by atomic mass is 16.5. The highest BCUT2D eigenvalue weighted by Crippen LogP contribution is 2.34. The van der Waals surface area contributed by atoms with E-state index in [4.69, 9.17) is 4.74 Å². The minimum absolute atomic E-state index is 0.0215. The van der Waals surface area contributed by atoms with E-state index >= 15 is 0 Å². The lowest BCUT2D eigenvalue weighted by atomic mass is 10.1. The molecule has 1 aliphatic carbocycles. The molecule has 6 heteroatoms. The monoisotopic (exact) mass is 258 g/mol. The number of benzene rings is 1. The molecule has 98 valence electrons. The van der Waals surface area contributed by atoms with Crippen LogP contribution in [0.5, 0.6) is 5.75 Å². The number of hydrogen-bond acceptors (Lipinski definition) is 5. The van der Waals surface area contributed by atoms with E-state index in [-0.39, 0.29) is 5.78 Å². The fraction of sp³-hybridized carbons (Fsp3) is 0.385. The lowest BCUT2D eigenvalue weighted by molar-refractivity contribution is 0.101. The van der Waals surface area contributed by atoms with Gasteiger partial charge in [0, 0.05) is 5.56 Å². The highest BCUT2D eigenvalue weighted by Gasteiger charge is 2.27. The summed E-state index contributed by atoms with van der Waals surface area (Å²) >= 11 is 0. The molecule has 0 saturated heterocycles. The van der Waals surface area contributed by atoms with Crippen LogP contribution in [-0.4, -0.2) is 26.0 Å². The van der Waals surface area contributed by atoms with E-state index in [1.165, 1.54) is 6.92 Å². The topological polar surface area (TPSA) is 69.9 Å². The summed E-state index contributed by atoms with van der Waals surface area (Å²) in [7, 11) is 0. The molecule has 0 atom stereocenters. The van der Waals surface area contributed by atoms with Gasteiger partial charge in [0.2, 0.25) is 0 Å². The van der Waals surface area contributed by atoms with Gasteiger partial charge < -0.3 is 4.74 Å². The van der Waals surface area contributed by atoms with E-state index in [0.29, 0.717) is 24.0 Å². The number of carbonyl (C=O) groups is 1. The van der Waals surface area contributed by atoms with E-state index in [9.17, 15) is 4.79 Å². The molecule has 1 saturated carbocycles. The maximum atomic E-state index is 11.3. The van der Waals surface area contributed by atoms with Crippen molar-refractivity contribution in [3.63, 3.8) is 0 Å². The molecule has 0 radical (unpaired) electrons. The number of tetrazole rings is 1. The molecule has 19 heavy (non-hydrogen) atoms. The molecule has 6 nitrogen and oxygen atoms in total. The van der Waals surface area contributed by atoms with Crippen LogP contribution in [0.4, 0.5) is 0 Å². The molecule has 1 fully saturated rings. The van der Waals surface area contributed by atoms with Crippen LogP contribution in [0.15, 0.2) is 24.3 Å². The third-order valence-electron chi connectivity index (χ3n) is 3.06. The first-order chi connectivity index (χ1) is 9.24. The van der Waals surface area contributed by atoms with Crippen LogP contribution in [0.2, 0.25) is 0 Å². The maximum absolute atomic E-state index is 11.3. The van der Waals surface area contributed by atoms with Crippen molar-refractivity contribution in [3.8, 4) is 5.75 Å². The fourth-order valence-corrected chi connectivity index (χ4v) is 1.86. The largest absolute Gasteiger partial charge is 0.486 e. The van der Waals surface area contributed by atoms with Crippen LogP contribution in [0, 0.1) is 0 Å². The molecule has 0 aliphatic heterocycles. The second kappa shape index (κ2) is 4.79. The van der Waals surface area contributed by atoms with Crippen molar-refractivity contribution in [3.05, 3.63) is 35.7 Å². The lowest BCUT2D eigenvalue weighted by Gasteiger charge is -2.07. The Bertz CT molecular complexity index is 604. The molecule has 1 aromatic carbocycles. The number of ether oxygens (including phenoxy) is 1. The molecule has 1 aliphatic rings. The Morgan fingerprint density at radius 3 is 3.05 bits per heavy atom. The van der Waals surface area contributed by atoms with Gasteiger partial charge in [-0.3, -0.25) is 4.79 Å². The third-order valence-corrected chi connectivity index (χ3v) is 3.06. The summed E-state index contributed by atoms with van der Waals surface area (Å²) in [5.74, 6) is 1.39. The van der Waals surface area contributed by atoms with Crippen LogP contribution in [0.1, 0.15) is 42.0 Å². The summed E-state index contributed by atoms with van der Waals surface area (Å²) in [6.45, 7) is 1.84. The van der Waals surface area contributed by atoms with Gasteiger partial charge in [-0.25, -0.2) is 4.68 Å². The standard InChI is InChI=1S/C13H14N4O2/c1-9(18)10-3-2-4-12(7-10)19-8-13-14-15-16-17(13)11-5-6-11/h2-4,7,11H,5-6,8H2,1H3. The molecular weight excluding hydrogens is 244 g/mol. The Kier molecular flexibility index (Phi) is 2.98. The van der Waals surface area contributed by atoms with Gasteiger partial charge in [0.25, 0.3) is 0 Å². The van der Waals surface area contributed by atoms with E-state index in [1.807, 2.05) is 10.7 Å². The minimum Gasteiger partial charge on any atom is -0.486 e.